The third-order valence-corrected chi connectivity index (χ3v) is 3.96. The Labute approximate surface area is 155 Å². The Morgan fingerprint density at radius 1 is 0.889 bits per heavy atom. The van der Waals surface area contributed by atoms with Crippen LogP contribution in [0, 0.1) is 22.7 Å². The number of nitrogens with zero attached hydrogens (tertiary/aromatic N) is 3. The van der Waals surface area contributed by atoms with Crippen LogP contribution in [-0.2, 0) is 0 Å². The number of fused-ring (bicyclic) bond motifs is 1. The largest absolute Gasteiger partial charge is 0.457 e. The molecule has 2 aromatic carbocycles. The lowest BCUT2D eigenvalue weighted by atomic mass is 10.2. The monoisotopic (exact) mass is 351 g/mol. The van der Waals surface area contributed by atoms with Crippen molar-refractivity contribution in [2.24, 2.45) is 0 Å². The van der Waals surface area contributed by atoms with Crippen LogP contribution in [0.4, 0.5) is 11.5 Å². The first-order chi connectivity index (χ1) is 13.2. The lowest BCUT2D eigenvalue weighted by molar-refractivity contribution is 0.482. The SMILES string of the molecule is N#Cc1ccc(Oc2cc(C#N)nc(Nc3ccc4cc[nH]c4c3)c2)cc1. The van der Waals surface area contributed by atoms with Crippen LogP contribution in [0.2, 0.25) is 0 Å². The van der Waals surface area contributed by atoms with Gasteiger partial charge in [0.15, 0.2) is 0 Å². The molecule has 0 amide bonds. The molecule has 0 fully saturated rings. The minimum absolute atomic E-state index is 0.240. The molecule has 0 atom stereocenters. The van der Waals surface area contributed by atoms with Gasteiger partial charge in [0.05, 0.1) is 11.6 Å². The van der Waals surface area contributed by atoms with Gasteiger partial charge in [-0.3, -0.25) is 0 Å². The van der Waals surface area contributed by atoms with Crippen molar-refractivity contribution in [1.82, 2.24) is 9.97 Å². The van der Waals surface area contributed by atoms with E-state index in [2.05, 4.69) is 21.4 Å². The van der Waals surface area contributed by atoms with Crippen molar-refractivity contribution in [3.8, 4) is 23.6 Å². The molecule has 0 saturated carbocycles. The van der Waals surface area contributed by atoms with E-state index < -0.39 is 0 Å². The third kappa shape index (κ3) is 3.55. The summed E-state index contributed by atoms with van der Waals surface area (Å²) in [7, 11) is 0. The maximum Gasteiger partial charge on any atom is 0.146 e. The fraction of sp³-hybridized carbons (Fsp3) is 0. The number of nitriles is 2. The van der Waals surface area contributed by atoms with Crippen molar-refractivity contribution in [1.29, 1.82) is 10.5 Å². The maximum absolute atomic E-state index is 9.26. The Bertz CT molecular complexity index is 1200. The fourth-order valence-electron chi connectivity index (χ4n) is 2.69. The number of anilines is 2. The summed E-state index contributed by atoms with van der Waals surface area (Å²) in [6.45, 7) is 0. The lowest BCUT2D eigenvalue weighted by Gasteiger charge is -2.10. The summed E-state index contributed by atoms with van der Waals surface area (Å²) < 4.78 is 5.81. The molecule has 6 heteroatoms. The van der Waals surface area contributed by atoms with Gasteiger partial charge in [-0.05, 0) is 47.9 Å². The molecular weight excluding hydrogens is 338 g/mol. The van der Waals surface area contributed by atoms with Crippen LogP contribution in [0.3, 0.4) is 0 Å². The molecule has 0 aliphatic rings. The average Bonchev–Trinajstić information content (AvgIpc) is 3.16. The zero-order valence-electron chi connectivity index (χ0n) is 14.1. The Kier molecular flexibility index (Phi) is 4.14. The van der Waals surface area contributed by atoms with Gasteiger partial charge in [0.25, 0.3) is 0 Å². The summed E-state index contributed by atoms with van der Waals surface area (Å²) in [5.74, 6) is 1.56. The summed E-state index contributed by atoms with van der Waals surface area (Å²) in [5.41, 5.74) is 2.64. The first-order valence-corrected chi connectivity index (χ1v) is 8.18. The molecule has 2 N–H and O–H groups in total. The van der Waals surface area contributed by atoms with E-state index in [0.29, 0.717) is 22.9 Å². The molecular formula is C21H13N5O. The predicted molar refractivity (Wildman–Crippen MR) is 102 cm³/mol. The van der Waals surface area contributed by atoms with Gasteiger partial charge >= 0.3 is 0 Å². The summed E-state index contributed by atoms with van der Waals surface area (Å²) >= 11 is 0. The molecule has 2 heterocycles. The molecule has 128 valence electrons. The number of pyridine rings is 1. The van der Waals surface area contributed by atoms with Gasteiger partial charge in [-0.2, -0.15) is 10.5 Å². The average molecular weight is 351 g/mol. The number of H-pyrrole nitrogens is 1. The molecule has 0 radical (unpaired) electrons. The standard InChI is InChI=1S/C21H13N5O/c22-12-14-1-5-18(6-2-14)27-19-9-17(13-23)26-21(11-19)25-16-4-3-15-7-8-24-20(15)10-16/h1-11,24H,(H,25,26). The van der Waals surface area contributed by atoms with E-state index in [0.717, 1.165) is 16.6 Å². The normalized spacial score (nSPS) is 10.1. The van der Waals surface area contributed by atoms with Gasteiger partial charge < -0.3 is 15.0 Å². The molecule has 4 rings (SSSR count). The highest BCUT2D eigenvalue weighted by Gasteiger charge is 2.07. The zero-order chi connectivity index (χ0) is 18.6. The van der Waals surface area contributed by atoms with Crippen LogP contribution >= 0.6 is 0 Å². The van der Waals surface area contributed by atoms with Crippen molar-refractivity contribution in [2.75, 3.05) is 5.32 Å². The van der Waals surface area contributed by atoms with Crippen molar-refractivity contribution < 1.29 is 4.74 Å². The van der Waals surface area contributed by atoms with Crippen molar-refractivity contribution in [2.45, 2.75) is 0 Å². The van der Waals surface area contributed by atoms with Crippen LogP contribution in [0.25, 0.3) is 10.9 Å². The Morgan fingerprint density at radius 2 is 1.74 bits per heavy atom. The second-order valence-corrected chi connectivity index (χ2v) is 5.83. The third-order valence-electron chi connectivity index (χ3n) is 3.96. The Hall–Kier alpha value is -4.29. The summed E-state index contributed by atoms with van der Waals surface area (Å²) in [6, 6.07) is 22.1. The van der Waals surface area contributed by atoms with Gasteiger partial charge in [-0.15, -0.1) is 0 Å². The minimum Gasteiger partial charge on any atom is -0.457 e. The molecule has 4 aromatic rings. The summed E-state index contributed by atoms with van der Waals surface area (Å²) in [4.78, 5) is 7.44. The van der Waals surface area contributed by atoms with Crippen molar-refractivity contribution in [3.63, 3.8) is 0 Å². The highest BCUT2D eigenvalue weighted by atomic mass is 16.5. The zero-order valence-corrected chi connectivity index (χ0v) is 14.1. The van der Waals surface area contributed by atoms with E-state index in [1.807, 2.05) is 36.5 Å². The molecule has 27 heavy (non-hydrogen) atoms. The molecule has 2 aromatic heterocycles. The number of rotatable bonds is 4. The number of ether oxygens (including phenoxy) is 1. The topological polar surface area (TPSA) is 97.5 Å². The van der Waals surface area contributed by atoms with E-state index in [-0.39, 0.29) is 5.69 Å². The molecule has 0 saturated heterocycles. The number of hydrogen-bond acceptors (Lipinski definition) is 5. The second-order valence-electron chi connectivity index (χ2n) is 5.83. The summed E-state index contributed by atoms with van der Waals surface area (Å²) in [5, 5.41) is 22.4. The quantitative estimate of drug-likeness (QED) is 0.548. The highest BCUT2D eigenvalue weighted by Crippen LogP contribution is 2.27. The molecule has 0 unspecified atom stereocenters. The van der Waals surface area contributed by atoms with Crippen LogP contribution in [0.5, 0.6) is 11.5 Å². The highest BCUT2D eigenvalue weighted by molar-refractivity contribution is 5.83. The minimum atomic E-state index is 0.240. The Morgan fingerprint density at radius 3 is 2.52 bits per heavy atom. The van der Waals surface area contributed by atoms with Gasteiger partial charge in [0.2, 0.25) is 0 Å². The summed E-state index contributed by atoms with van der Waals surface area (Å²) in [6.07, 6.45) is 1.88. The smallest absolute Gasteiger partial charge is 0.146 e. The number of benzene rings is 2. The van der Waals surface area contributed by atoms with Gasteiger partial charge in [-0.25, -0.2) is 4.98 Å². The van der Waals surface area contributed by atoms with Crippen LogP contribution in [0.1, 0.15) is 11.3 Å². The van der Waals surface area contributed by atoms with Gasteiger partial charge in [0.1, 0.15) is 29.1 Å². The van der Waals surface area contributed by atoms with Crippen LogP contribution in [0.15, 0.2) is 66.9 Å². The number of nitrogens with one attached hydrogen (secondary N) is 2. The van der Waals surface area contributed by atoms with E-state index in [1.54, 1.807) is 36.4 Å². The fourth-order valence-corrected chi connectivity index (χ4v) is 2.69. The molecule has 0 spiro atoms. The van der Waals surface area contributed by atoms with Crippen molar-refractivity contribution >= 4 is 22.4 Å². The van der Waals surface area contributed by atoms with E-state index in [9.17, 15) is 5.26 Å². The number of aromatic amines is 1. The lowest BCUT2D eigenvalue weighted by Crippen LogP contribution is -1.97. The number of aromatic nitrogens is 2. The molecule has 0 aliphatic carbocycles. The van der Waals surface area contributed by atoms with Gasteiger partial charge in [-0.1, -0.05) is 6.07 Å². The number of hydrogen-bond donors (Lipinski definition) is 2. The maximum atomic E-state index is 9.26. The molecule has 0 aliphatic heterocycles. The van der Waals surface area contributed by atoms with E-state index in [1.165, 1.54) is 0 Å². The predicted octanol–water partition coefficient (Wildman–Crippen LogP) is 4.84. The Balaban J connectivity index is 1.61. The van der Waals surface area contributed by atoms with Gasteiger partial charge in [0, 0.05) is 29.5 Å². The van der Waals surface area contributed by atoms with Crippen molar-refractivity contribution in [3.05, 3.63) is 78.1 Å². The molecule has 0 bridgehead atoms. The van der Waals surface area contributed by atoms with E-state index >= 15 is 0 Å². The van der Waals surface area contributed by atoms with Crippen LogP contribution < -0.4 is 10.1 Å². The van der Waals surface area contributed by atoms with Crippen LogP contribution in [-0.4, -0.2) is 9.97 Å². The van der Waals surface area contributed by atoms with E-state index in [4.69, 9.17) is 10.00 Å². The second kappa shape index (κ2) is 6.91. The first-order valence-electron chi connectivity index (χ1n) is 8.18. The first kappa shape index (κ1) is 16.2. The molecule has 6 nitrogen and oxygen atoms in total.